The summed E-state index contributed by atoms with van der Waals surface area (Å²) in [6, 6.07) is -0.372. The second-order valence-corrected chi connectivity index (χ2v) is 7.23. The van der Waals surface area contributed by atoms with Gasteiger partial charge in [-0.15, -0.1) is 5.10 Å². The summed E-state index contributed by atoms with van der Waals surface area (Å²) in [4.78, 5) is 8.59. The Balaban J connectivity index is 1.62. The Kier molecular flexibility index (Phi) is 3.85. The van der Waals surface area contributed by atoms with Crippen molar-refractivity contribution in [3.8, 4) is 0 Å². The van der Waals surface area contributed by atoms with Gasteiger partial charge in [-0.3, -0.25) is 0 Å². The molecule has 2 N–H and O–H groups in total. The quantitative estimate of drug-likeness (QED) is 0.875. The van der Waals surface area contributed by atoms with E-state index in [4.69, 9.17) is 16.3 Å². The fourth-order valence-electron chi connectivity index (χ4n) is 3.42. The van der Waals surface area contributed by atoms with E-state index in [1.54, 1.807) is 17.6 Å². The molecule has 1 saturated carbocycles. The Hall–Kier alpha value is -1.51. The van der Waals surface area contributed by atoms with Gasteiger partial charge in [0.15, 0.2) is 5.15 Å². The molecular weight excluding hydrogens is 337 g/mol. The van der Waals surface area contributed by atoms with Crippen molar-refractivity contribution in [1.82, 2.24) is 19.6 Å². The number of fused-ring (bicyclic) bond motifs is 1. The first-order valence-electron chi connectivity index (χ1n) is 8.05. The standard InChI is InChI=1S/C15H19ClFN5O2/c1-15(23)4-8(5-15)13-20-12(16)11-6-18-14(21-22(11)13)19-10-2-3-24-7-9(10)17/h6,8-10,23H,2-5,7H2,1H3,(H,19,21)/t8?,9-,10+,15?/m1/s1. The maximum absolute atomic E-state index is 13.9. The average Bonchev–Trinajstić information content (AvgIpc) is 2.84. The molecule has 1 saturated heterocycles. The van der Waals surface area contributed by atoms with E-state index in [9.17, 15) is 9.50 Å². The number of hydrogen-bond donors (Lipinski definition) is 2. The molecule has 0 spiro atoms. The lowest BCUT2D eigenvalue weighted by Crippen LogP contribution is -2.40. The highest BCUT2D eigenvalue weighted by molar-refractivity contribution is 6.32. The summed E-state index contributed by atoms with van der Waals surface area (Å²) in [7, 11) is 0. The summed E-state index contributed by atoms with van der Waals surface area (Å²) in [5.41, 5.74) is -0.0618. The van der Waals surface area contributed by atoms with Crippen molar-refractivity contribution in [3.05, 3.63) is 17.2 Å². The smallest absolute Gasteiger partial charge is 0.241 e. The lowest BCUT2D eigenvalue weighted by molar-refractivity contribution is -0.0337. The maximum atomic E-state index is 13.9. The van der Waals surface area contributed by atoms with Gasteiger partial charge in [-0.2, -0.15) is 0 Å². The van der Waals surface area contributed by atoms with Crippen molar-refractivity contribution in [2.75, 3.05) is 18.5 Å². The second kappa shape index (κ2) is 5.79. The number of ether oxygens (including phenoxy) is 1. The second-order valence-electron chi connectivity index (χ2n) is 6.87. The Labute approximate surface area is 143 Å². The normalized spacial score (nSPS) is 33.4. The van der Waals surface area contributed by atoms with Crippen LogP contribution in [-0.4, -0.2) is 55.7 Å². The minimum Gasteiger partial charge on any atom is -0.390 e. The SMILES string of the molecule is CC1(O)CC(c2nc(Cl)c3cnc(N[C@H]4CCOC[C@H]4F)nn23)C1. The Bertz CT molecular complexity index is 760. The van der Waals surface area contributed by atoms with Gasteiger partial charge in [0.05, 0.1) is 24.4 Å². The van der Waals surface area contributed by atoms with Gasteiger partial charge in [-0.05, 0) is 26.2 Å². The number of rotatable bonds is 3. The van der Waals surface area contributed by atoms with Crippen LogP contribution in [0.4, 0.5) is 10.3 Å². The van der Waals surface area contributed by atoms with Gasteiger partial charge in [0.25, 0.3) is 0 Å². The van der Waals surface area contributed by atoms with Gasteiger partial charge >= 0.3 is 0 Å². The zero-order valence-electron chi connectivity index (χ0n) is 13.2. The molecule has 2 aliphatic rings. The van der Waals surface area contributed by atoms with Crippen LogP contribution in [0.15, 0.2) is 6.20 Å². The van der Waals surface area contributed by atoms with E-state index < -0.39 is 11.8 Å². The predicted molar refractivity (Wildman–Crippen MR) is 86.1 cm³/mol. The van der Waals surface area contributed by atoms with Crippen LogP contribution in [0.1, 0.15) is 37.9 Å². The van der Waals surface area contributed by atoms with Gasteiger partial charge in [-0.25, -0.2) is 18.9 Å². The molecule has 0 unspecified atom stereocenters. The highest BCUT2D eigenvalue weighted by Gasteiger charge is 2.42. The predicted octanol–water partition coefficient (Wildman–Crippen LogP) is 1.94. The van der Waals surface area contributed by atoms with Crippen molar-refractivity contribution in [1.29, 1.82) is 0 Å². The van der Waals surface area contributed by atoms with Crippen molar-refractivity contribution in [2.45, 2.75) is 49.9 Å². The summed E-state index contributed by atoms with van der Waals surface area (Å²) < 4.78 is 20.6. The molecule has 7 nitrogen and oxygen atoms in total. The summed E-state index contributed by atoms with van der Waals surface area (Å²) in [6.07, 6.45) is 2.28. The van der Waals surface area contributed by atoms with Crippen molar-refractivity contribution < 1.29 is 14.2 Å². The molecule has 2 aromatic heterocycles. The Morgan fingerprint density at radius 1 is 1.50 bits per heavy atom. The summed E-state index contributed by atoms with van der Waals surface area (Å²) >= 11 is 6.17. The first-order valence-corrected chi connectivity index (χ1v) is 8.43. The number of aliphatic hydroxyl groups is 1. The molecule has 4 rings (SSSR count). The van der Waals surface area contributed by atoms with Crippen LogP contribution in [-0.2, 0) is 4.74 Å². The Morgan fingerprint density at radius 3 is 3.00 bits per heavy atom. The van der Waals surface area contributed by atoms with Crippen LogP contribution in [0.3, 0.4) is 0 Å². The molecule has 0 bridgehead atoms. The number of aromatic nitrogens is 4. The third-order valence-corrected chi connectivity index (χ3v) is 4.99. The number of alkyl halides is 1. The monoisotopic (exact) mass is 355 g/mol. The highest BCUT2D eigenvalue weighted by Crippen LogP contribution is 2.44. The molecule has 1 aliphatic heterocycles. The number of hydrogen-bond acceptors (Lipinski definition) is 6. The summed E-state index contributed by atoms with van der Waals surface area (Å²) in [5.74, 6) is 1.13. The number of nitrogens with one attached hydrogen (secondary N) is 1. The third-order valence-electron chi connectivity index (χ3n) is 4.71. The number of imidazole rings is 1. The molecule has 2 fully saturated rings. The summed E-state index contributed by atoms with van der Waals surface area (Å²) in [5, 5.41) is 17.8. The number of anilines is 1. The van der Waals surface area contributed by atoms with Gasteiger partial charge in [0, 0.05) is 12.5 Å². The van der Waals surface area contributed by atoms with Gasteiger partial charge < -0.3 is 15.2 Å². The first kappa shape index (κ1) is 16.0. The minimum absolute atomic E-state index is 0.0826. The molecule has 3 heterocycles. The van der Waals surface area contributed by atoms with Gasteiger partial charge in [-0.1, -0.05) is 11.6 Å². The molecule has 0 radical (unpaired) electrons. The highest BCUT2D eigenvalue weighted by atomic mass is 35.5. The maximum Gasteiger partial charge on any atom is 0.241 e. The minimum atomic E-state index is -1.09. The third kappa shape index (κ3) is 2.82. The van der Waals surface area contributed by atoms with E-state index in [1.165, 1.54) is 0 Å². The first-order chi connectivity index (χ1) is 11.4. The molecule has 130 valence electrons. The lowest BCUT2D eigenvalue weighted by atomic mass is 9.72. The lowest BCUT2D eigenvalue weighted by Gasteiger charge is -2.39. The van der Waals surface area contributed by atoms with E-state index >= 15 is 0 Å². The molecule has 2 aromatic rings. The average molecular weight is 356 g/mol. The van der Waals surface area contributed by atoms with E-state index in [-0.39, 0.29) is 18.6 Å². The van der Waals surface area contributed by atoms with E-state index in [2.05, 4.69) is 20.4 Å². The van der Waals surface area contributed by atoms with Gasteiger partial charge in [0.2, 0.25) is 5.95 Å². The van der Waals surface area contributed by atoms with Crippen LogP contribution in [0.2, 0.25) is 5.15 Å². The molecule has 2 atom stereocenters. The molecule has 1 aliphatic carbocycles. The number of halogens is 2. The fraction of sp³-hybridized carbons (Fsp3) is 0.667. The molecular formula is C15H19ClFN5O2. The van der Waals surface area contributed by atoms with Gasteiger partial charge in [0.1, 0.15) is 17.5 Å². The van der Waals surface area contributed by atoms with E-state index in [1.807, 2.05) is 0 Å². The fourth-order valence-corrected chi connectivity index (χ4v) is 3.63. The van der Waals surface area contributed by atoms with Crippen molar-refractivity contribution in [2.24, 2.45) is 0 Å². The van der Waals surface area contributed by atoms with Crippen LogP contribution in [0.25, 0.3) is 5.52 Å². The Morgan fingerprint density at radius 2 is 2.29 bits per heavy atom. The van der Waals surface area contributed by atoms with Crippen molar-refractivity contribution in [3.63, 3.8) is 0 Å². The molecule has 0 amide bonds. The van der Waals surface area contributed by atoms with E-state index in [0.29, 0.717) is 48.3 Å². The topological polar surface area (TPSA) is 84.6 Å². The van der Waals surface area contributed by atoms with Crippen LogP contribution < -0.4 is 5.32 Å². The van der Waals surface area contributed by atoms with E-state index in [0.717, 1.165) is 0 Å². The van der Waals surface area contributed by atoms with Crippen LogP contribution in [0, 0.1) is 0 Å². The largest absolute Gasteiger partial charge is 0.390 e. The molecule has 24 heavy (non-hydrogen) atoms. The molecule has 0 aromatic carbocycles. The van der Waals surface area contributed by atoms with Crippen molar-refractivity contribution >= 4 is 23.1 Å². The summed E-state index contributed by atoms with van der Waals surface area (Å²) in [6.45, 7) is 2.40. The number of nitrogens with zero attached hydrogens (tertiary/aromatic N) is 4. The molecule has 9 heteroatoms. The van der Waals surface area contributed by atoms with Crippen LogP contribution in [0.5, 0.6) is 0 Å². The zero-order valence-corrected chi connectivity index (χ0v) is 14.0. The zero-order chi connectivity index (χ0) is 16.9. The van der Waals surface area contributed by atoms with Crippen LogP contribution >= 0.6 is 11.6 Å².